The molecule has 1 fully saturated rings. The lowest BCUT2D eigenvalue weighted by atomic mass is 10.0. The molecule has 2 N–H and O–H groups in total. The summed E-state index contributed by atoms with van der Waals surface area (Å²) in [6.45, 7) is 5.01. The van der Waals surface area contributed by atoms with Crippen LogP contribution in [0.15, 0.2) is 24.3 Å². The molecule has 0 saturated carbocycles. The minimum Gasteiger partial charge on any atom is -0.396 e. The SMILES string of the molecule is CC(C)c1ccccc1NS(=O)(=O)N1CCCC(CO)C1. The maximum atomic E-state index is 12.5. The number of nitrogens with zero attached hydrogens (tertiary/aromatic N) is 1. The van der Waals surface area contributed by atoms with E-state index >= 15 is 0 Å². The normalized spacial score (nSPS) is 20.7. The maximum Gasteiger partial charge on any atom is 0.301 e. The fourth-order valence-corrected chi connectivity index (χ4v) is 4.06. The number of rotatable bonds is 5. The van der Waals surface area contributed by atoms with Crippen molar-refractivity contribution in [2.24, 2.45) is 5.92 Å². The number of aliphatic hydroxyl groups excluding tert-OH is 1. The Kier molecular flexibility index (Phi) is 5.24. The van der Waals surface area contributed by atoms with E-state index < -0.39 is 10.2 Å². The van der Waals surface area contributed by atoms with E-state index in [0.717, 1.165) is 18.4 Å². The zero-order valence-corrected chi connectivity index (χ0v) is 13.4. The molecule has 1 aromatic rings. The minimum atomic E-state index is -3.56. The highest BCUT2D eigenvalue weighted by atomic mass is 32.2. The lowest BCUT2D eigenvalue weighted by molar-refractivity contribution is 0.166. The first kappa shape index (κ1) is 16.3. The fraction of sp³-hybridized carbons (Fsp3) is 0.600. The predicted octanol–water partition coefficient (Wildman–Crippen LogP) is 2.17. The smallest absolute Gasteiger partial charge is 0.301 e. The Balaban J connectivity index is 2.18. The Morgan fingerprint density at radius 3 is 2.76 bits per heavy atom. The molecule has 2 rings (SSSR count). The van der Waals surface area contributed by atoms with Gasteiger partial charge in [0.05, 0.1) is 5.69 Å². The van der Waals surface area contributed by atoms with Gasteiger partial charge in [0, 0.05) is 19.7 Å². The zero-order chi connectivity index (χ0) is 15.5. The summed E-state index contributed by atoms with van der Waals surface area (Å²) in [5.74, 6) is 0.283. The van der Waals surface area contributed by atoms with Crippen LogP contribution in [0.5, 0.6) is 0 Å². The second-order valence-electron chi connectivity index (χ2n) is 5.90. The van der Waals surface area contributed by atoms with Crippen LogP contribution in [-0.4, -0.2) is 37.5 Å². The molecule has 0 amide bonds. The Hall–Kier alpha value is -1.11. The highest BCUT2D eigenvalue weighted by Crippen LogP contribution is 2.26. The first-order valence-electron chi connectivity index (χ1n) is 7.41. The largest absolute Gasteiger partial charge is 0.396 e. The maximum absolute atomic E-state index is 12.5. The van der Waals surface area contributed by atoms with Crippen molar-refractivity contribution in [2.75, 3.05) is 24.4 Å². The van der Waals surface area contributed by atoms with Gasteiger partial charge in [0.25, 0.3) is 0 Å². The molecule has 1 heterocycles. The molecule has 0 aliphatic carbocycles. The van der Waals surface area contributed by atoms with E-state index in [0.29, 0.717) is 18.8 Å². The summed E-state index contributed by atoms with van der Waals surface area (Å²) in [7, 11) is -3.56. The second-order valence-corrected chi connectivity index (χ2v) is 7.57. The molecular weight excluding hydrogens is 288 g/mol. The van der Waals surface area contributed by atoms with Gasteiger partial charge in [-0.05, 0) is 36.3 Å². The number of hydrogen-bond donors (Lipinski definition) is 2. The summed E-state index contributed by atoms with van der Waals surface area (Å²) in [5, 5.41) is 9.24. The molecule has 1 saturated heterocycles. The van der Waals surface area contributed by atoms with Gasteiger partial charge in [-0.2, -0.15) is 12.7 Å². The van der Waals surface area contributed by atoms with Gasteiger partial charge in [0.15, 0.2) is 0 Å². The molecule has 5 nitrogen and oxygen atoms in total. The van der Waals surface area contributed by atoms with Crippen molar-refractivity contribution < 1.29 is 13.5 Å². The summed E-state index contributed by atoms with van der Waals surface area (Å²) in [5.41, 5.74) is 1.62. The first-order chi connectivity index (χ1) is 9.94. The van der Waals surface area contributed by atoms with E-state index in [1.807, 2.05) is 32.0 Å². The van der Waals surface area contributed by atoms with Gasteiger partial charge in [-0.15, -0.1) is 0 Å². The number of aliphatic hydroxyl groups is 1. The van der Waals surface area contributed by atoms with Crippen LogP contribution in [0.4, 0.5) is 5.69 Å². The Morgan fingerprint density at radius 2 is 2.10 bits per heavy atom. The van der Waals surface area contributed by atoms with Crippen molar-refractivity contribution in [3.63, 3.8) is 0 Å². The quantitative estimate of drug-likeness (QED) is 0.875. The van der Waals surface area contributed by atoms with Gasteiger partial charge in [-0.3, -0.25) is 4.72 Å². The fourth-order valence-electron chi connectivity index (χ4n) is 2.69. The third kappa shape index (κ3) is 3.96. The van der Waals surface area contributed by atoms with Gasteiger partial charge in [0.2, 0.25) is 0 Å². The van der Waals surface area contributed by atoms with E-state index in [9.17, 15) is 13.5 Å². The van der Waals surface area contributed by atoms with Crippen molar-refractivity contribution in [1.29, 1.82) is 0 Å². The molecule has 1 atom stereocenters. The molecule has 0 aromatic heterocycles. The molecule has 1 unspecified atom stereocenters. The van der Waals surface area contributed by atoms with Crippen LogP contribution in [0.3, 0.4) is 0 Å². The Bertz CT molecular complexity index is 572. The summed E-state index contributed by atoms with van der Waals surface area (Å²) < 4.78 is 29.2. The average molecular weight is 312 g/mol. The lowest BCUT2D eigenvalue weighted by Crippen LogP contribution is -2.43. The highest BCUT2D eigenvalue weighted by Gasteiger charge is 2.29. The molecule has 0 spiro atoms. The average Bonchev–Trinajstić information content (AvgIpc) is 2.47. The first-order valence-corrected chi connectivity index (χ1v) is 8.85. The van der Waals surface area contributed by atoms with Crippen molar-refractivity contribution in [3.05, 3.63) is 29.8 Å². The Labute approximate surface area is 127 Å². The molecule has 1 aliphatic rings. The highest BCUT2D eigenvalue weighted by molar-refractivity contribution is 7.90. The summed E-state index contributed by atoms with van der Waals surface area (Å²) in [4.78, 5) is 0. The number of benzene rings is 1. The van der Waals surface area contributed by atoms with E-state index in [1.165, 1.54) is 4.31 Å². The van der Waals surface area contributed by atoms with Gasteiger partial charge in [-0.1, -0.05) is 32.0 Å². The van der Waals surface area contributed by atoms with E-state index in [1.54, 1.807) is 6.07 Å². The van der Waals surface area contributed by atoms with E-state index in [-0.39, 0.29) is 18.4 Å². The summed E-state index contributed by atoms with van der Waals surface area (Å²) in [6, 6.07) is 7.47. The second kappa shape index (κ2) is 6.77. The van der Waals surface area contributed by atoms with Crippen molar-refractivity contribution in [2.45, 2.75) is 32.6 Å². The van der Waals surface area contributed by atoms with Crippen LogP contribution >= 0.6 is 0 Å². The topological polar surface area (TPSA) is 69.6 Å². The monoisotopic (exact) mass is 312 g/mol. The zero-order valence-electron chi connectivity index (χ0n) is 12.6. The lowest BCUT2D eigenvalue weighted by Gasteiger charge is -2.31. The predicted molar refractivity (Wildman–Crippen MR) is 84.5 cm³/mol. The molecule has 1 aliphatic heterocycles. The van der Waals surface area contributed by atoms with E-state index in [4.69, 9.17) is 0 Å². The number of nitrogens with one attached hydrogen (secondary N) is 1. The molecular formula is C15H24N2O3S. The Morgan fingerprint density at radius 1 is 1.38 bits per heavy atom. The van der Waals surface area contributed by atoms with Gasteiger partial charge in [0.1, 0.15) is 0 Å². The number of hydrogen-bond acceptors (Lipinski definition) is 3. The molecule has 21 heavy (non-hydrogen) atoms. The van der Waals surface area contributed by atoms with Crippen molar-refractivity contribution in [1.82, 2.24) is 4.31 Å². The van der Waals surface area contributed by atoms with Gasteiger partial charge < -0.3 is 5.11 Å². The minimum absolute atomic E-state index is 0.0363. The van der Waals surface area contributed by atoms with Gasteiger partial charge >= 0.3 is 10.2 Å². The van der Waals surface area contributed by atoms with Crippen LogP contribution in [-0.2, 0) is 10.2 Å². The van der Waals surface area contributed by atoms with Crippen LogP contribution in [0.25, 0.3) is 0 Å². The van der Waals surface area contributed by atoms with Crippen molar-refractivity contribution >= 4 is 15.9 Å². The van der Waals surface area contributed by atoms with Crippen LogP contribution in [0.1, 0.15) is 38.2 Å². The molecule has 1 aromatic carbocycles. The van der Waals surface area contributed by atoms with Crippen LogP contribution in [0.2, 0.25) is 0 Å². The molecule has 6 heteroatoms. The molecule has 118 valence electrons. The summed E-state index contributed by atoms with van der Waals surface area (Å²) in [6.07, 6.45) is 1.67. The van der Waals surface area contributed by atoms with Gasteiger partial charge in [-0.25, -0.2) is 0 Å². The number of piperidine rings is 1. The number of para-hydroxylation sites is 1. The third-order valence-electron chi connectivity index (χ3n) is 3.90. The van der Waals surface area contributed by atoms with Crippen LogP contribution < -0.4 is 4.72 Å². The number of anilines is 1. The van der Waals surface area contributed by atoms with Crippen LogP contribution in [0, 0.1) is 5.92 Å². The standard InChI is InChI=1S/C15H24N2O3S/c1-12(2)14-7-3-4-8-15(14)16-21(19,20)17-9-5-6-13(10-17)11-18/h3-4,7-8,12-13,16,18H,5-6,9-11H2,1-2H3. The molecule has 0 bridgehead atoms. The van der Waals surface area contributed by atoms with E-state index in [2.05, 4.69) is 4.72 Å². The molecule has 0 radical (unpaired) electrons. The summed E-state index contributed by atoms with van der Waals surface area (Å²) >= 11 is 0. The van der Waals surface area contributed by atoms with Crippen molar-refractivity contribution in [3.8, 4) is 0 Å². The third-order valence-corrected chi connectivity index (χ3v) is 5.39.